The average Bonchev–Trinajstić information content (AvgIpc) is 3.06. The van der Waals surface area contributed by atoms with Crippen molar-refractivity contribution < 1.29 is 14.3 Å². The Hall–Kier alpha value is -2.82. The molecule has 5 rings (SSSR count). The molecule has 0 N–H and O–H groups in total. The van der Waals surface area contributed by atoms with Gasteiger partial charge in [-0.25, -0.2) is 9.78 Å². The summed E-state index contributed by atoms with van der Waals surface area (Å²) in [5, 5.41) is 1.18. The number of benzene rings is 1. The van der Waals surface area contributed by atoms with Crippen LogP contribution in [-0.2, 0) is 27.2 Å². The van der Waals surface area contributed by atoms with E-state index in [4.69, 9.17) is 14.5 Å². The van der Waals surface area contributed by atoms with Crippen LogP contribution in [0.5, 0.6) is 0 Å². The summed E-state index contributed by atoms with van der Waals surface area (Å²) >= 11 is 0. The minimum atomic E-state index is -0.298. The van der Waals surface area contributed by atoms with Crippen LogP contribution in [0, 0.1) is 11.8 Å². The molecule has 0 amide bonds. The number of ether oxygens (including phenoxy) is 2. The first-order valence-electron chi connectivity index (χ1n) is 8.97. The number of esters is 1. The lowest BCUT2D eigenvalue weighted by Gasteiger charge is -2.41. The molecule has 0 aromatic heterocycles. The fraction of sp³-hybridized carbons (Fsp3) is 0.333. The van der Waals surface area contributed by atoms with E-state index in [1.807, 2.05) is 18.2 Å². The summed E-state index contributed by atoms with van der Waals surface area (Å²) in [6, 6.07) is 10.4. The molecule has 26 heavy (non-hydrogen) atoms. The SMILES string of the molecule is COC(=O)C1=CO[C@@H](C)[C@H]2Cn3ccc4c5ccccc5nc-4c3CC12. The van der Waals surface area contributed by atoms with Crippen LogP contribution in [0.3, 0.4) is 0 Å². The zero-order chi connectivity index (χ0) is 17.8. The largest absolute Gasteiger partial charge is 0.497 e. The summed E-state index contributed by atoms with van der Waals surface area (Å²) in [4.78, 5) is 17.1. The Morgan fingerprint density at radius 1 is 1.31 bits per heavy atom. The molecule has 1 aromatic carbocycles. The summed E-state index contributed by atoms with van der Waals surface area (Å²) < 4.78 is 13.0. The van der Waals surface area contributed by atoms with E-state index in [1.54, 1.807) is 6.26 Å². The highest BCUT2D eigenvalue weighted by atomic mass is 16.5. The van der Waals surface area contributed by atoms with Gasteiger partial charge in [0, 0.05) is 41.2 Å². The van der Waals surface area contributed by atoms with Gasteiger partial charge in [-0.05, 0) is 25.5 Å². The van der Waals surface area contributed by atoms with Crippen LogP contribution in [0.15, 0.2) is 48.4 Å². The smallest absolute Gasteiger partial charge is 0.337 e. The van der Waals surface area contributed by atoms with Crippen LogP contribution >= 0.6 is 0 Å². The van der Waals surface area contributed by atoms with Crippen LogP contribution in [0.1, 0.15) is 12.6 Å². The van der Waals surface area contributed by atoms with Crippen molar-refractivity contribution in [2.45, 2.75) is 26.0 Å². The average molecular weight is 348 g/mol. The highest BCUT2D eigenvalue weighted by Gasteiger charge is 2.42. The second kappa shape index (κ2) is 5.59. The molecule has 4 heterocycles. The molecule has 0 aliphatic carbocycles. The van der Waals surface area contributed by atoms with E-state index in [0.29, 0.717) is 5.57 Å². The Morgan fingerprint density at radius 3 is 3.00 bits per heavy atom. The number of aromatic nitrogens is 2. The zero-order valence-electron chi connectivity index (χ0n) is 14.8. The Labute approximate surface area is 151 Å². The van der Waals surface area contributed by atoms with Gasteiger partial charge in [0.15, 0.2) is 0 Å². The van der Waals surface area contributed by atoms with Gasteiger partial charge in [-0.15, -0.1) is 0 Å². The number of pyridine rings is 1. The molecule has 5 nitrogen and oxygen atoms in total. The van der Waals surface area contributed by atoms with Crippen molar-refractivity contribution >= 4 is 16.9 Å². The molecule has 4 aliphatic rings. The minimum absolute atomic E-state index is 0.0662. The second-order valence-corrected chi connectivity index (χ2v) is 7.19. The summed E-state index contributed by atoms with van der Waals surface area (Å²) in [5.74, 6) is 0.0400. The number of carbonyl (C=O) groups excluding carboxylic acids is 1. The molecule has 1 aromatic rings. The number of hydrogen-bond donors (Lipinski definition) is 0. The molecular formula is C21H20N2O3. The lowest BCUT2D eigenvalue weighted by Crippen LogP contribution is -2.42. The maximum atomic E-state index is 12.3. The van der Waals surface area contributed by atoms with Gasteiger partial charge < -0.3 is 14.0 Å². The molecule has 3 atom stereocenters. The molecule has 0 saturated carbocycles. The topological polar surface area (TPSA) is 53.4 Å². The molecule has 0 bridgehead atoms. The number of fused-ring (bicyclic) bond motifs is 6. The highest BCUT2D eigenvalue weighted by Crippen LogP contribution is 2.42. The van der Waals surface area contributed by atoms with Crippen LogP contribution in [0.25, 0.3) is 22.2 Å². The Kier molecular flexibility index (Phi) is 3.32. The summed E-state index contributed by atoms with van der Waals surface area (Å²) in [6.45, 7) is 2.88. The number of rotatable bonds is 1. The Balaban J connectivity index is 1.66. The first-order chi connectivity index (χ1) is 12.7. The van der Waals surface area contributed by atoms with E-state index >= 15 is 0 Å². The van der Waals surface area contributed by atoms with Crippen molar-refractivity contribution in [2.24, 2.45) is 11.8 Å². The Bertz CT molecular complexity index is 1020. The molecule has 132 valence electrons. The monoisotopic (exact) mass is 348 g/mol. The van der Waals surface area contributed by atoms with Crippen molar-refractivity contribution in [1.82, 2.24) is 9.55 Å². The van der Waals surface area contributed by atoms with E-state index in [-0.39, 0.29) is 23.9 Å². The molecule has 1 unspecified atom stereocenters. The van der Waals surface area contributed by atoms with Gasteiger partial charge >= 0.3 is 5.97 Å². The minimum Gasteiger partial charge on any atom is -0.497 e. The molecular weight excluding hydrogens is 328 g/mol. The molecule has 4 aliphatic heterocycles. The van der Waals surface area contributed by atoms with Gasteiger partial charge in [0.05, 0.1) is 30.2 Å². The van der Waals surface area contributed by atoms with Gasteiger partial charge in [0.1, 0.15) is 6.10 Å². The van der Waals surface area contributed by atoms with Crippen molar-refractivity contribution in [3.05, 3.63) is 54.1 Å². The van der Waals surface area contributed by atoms with Gasteiger partial charge in [-0.2, -0.15) is 0 Å². The maximum absolute atomic E-state index is 12.3. The third kappa shape index (κ3) is 2.09. The lowest BCUT2D eigenvalue weighted by atomic mass is 9.75. The summed E-state index contributed by atoms with van der Waals surface area (Å²) in [5.41, 5.74) is 5.05. The zero-order valence-corrected chi connectivity index (χ0v) is 14.8. The Morgan fingerprint density at radius 2 is 2.15 bits per heavy atom. The predicted octanol–water partition coefficient (Wildman–Crippen LogP) is 3.41. The van der Waals surface area contributed by atoms with Crippen LogP contribution < -0.4 is 0 Å². The number of hydrogen-bond acceptors (Lipinski definition) is 4. The van der Waals surface area contributed by atoms with E-state index in [1.165, 1.54) is 23.8 Å². The van der Waals surface area contributed by atoms with E-state index < -0.39 is 0 Å². The van der Waals surface area contributed by atoms with E-state index in [2.05, 4.69) is 29.8 Å². The first kappa shape index (κ1) is 15.4. The van der Waals surface area contributed by atoms with Gasteiger partial charge in [0.25, 0.3) is 0 Å². The molecule has 0 saturated heterocycles. The van der Waals surface area contributed by atoms with E-state index in [0.717, 1.165) is 24.2 Å². The third-order valence-corrected chi connectivity index (χ3v) is 5.89. The molecule has 0 fully saturated rings. The van der Waals surface area contributed by atoms with Crippen molar-refractivity contribution in [3.63, 3.8) is 0 Å². The van der Waals surface area contributed by atoms with E-state index in [9.17, 15) is 4.79 Å². The van der Waals surface area contributed by atoms with Gasteiger partial charge in [-0.3, -0.25) is 0 Å². The number of para-hydroxylation sites is 1. The highest BCUT2D eigenvalue weighted by molar-refractivity contribution is 5.98. The third-order valence-electron chi connectivity index (χ3n) is 5.89. The van der Waals surface area contributed by atoms with Crippen LogP contribution in [0.4, 0.5) is 0 Å². The maximum Gasteiger partial charge on any atom is 0.337 e. The number of methoxy groups -OCH3 is 1. The quantitative estimate of drug-likeness (QED) is 0.633. The van der Waals surface area contributed by atoms with Crippen molar-refractivity contribution in [2.75, 3.05) is 7.11 Å². The second-order valence-electron chi connectivity index (χ2n) is 7.19. The number of nitrogens with zero attached hydrogens (tertiary/aromatic N) is 2. The first-order valence-corrected chi connectivity index (χ1v) is 8.97. The lowest BCUT2D eigenvalue weighted by molar-refractivity contribution is -0.138. The standard InChI is InChI=1S/C21H20N2O3/c1-12-16-10-23-8-7-14-13-5-3-4-6-18(13)22-20(14)19(23)9-15(16)17(11-26-12)21(24)25-2/h3-8,11-12,15-16H,9-10H2,1-2H3/t12-,15?,16+/m0/s1. The normalized spacial score (nSPS) is 24.5. The van der Waals surface area contributed by atoms with Crippen LogP contribution in [0.2, 0.25) is 0 Å². The van der Waals surface area contributed by atoms with Gasteiger partial charge in [0.2, 0.25) is 0 Å². The predicted molar refractivity (Wildman–Crippen MR) is 97.7 cm³/mol. The molecule has 0 radical (unpaired) electrons. The van der Waals surface area contributed by atoms with Crippen LogP contribution in [-0.4, -0.2) is 28.7 Å². The summed E-state index contributed by atoms with van der Waals surface area (Å²) in [7, 11) is 1.42. The molecule has 5 heteroatoms. The fourth-order valence-electron chi connectivity index (χ4n) is 4.49. The van der Waals surface area contributed by atoms with Crippen molar-refractivity contribution in [3.8, 4) is 11.3 Å². The number of carbonyl (C=O) groups is 1. The molecule has 0 spiro atoms. The van der Waals surface area contributed by atoms with Gasteiger partial charge in [-0.1, -0.05) is 18.2 Å². The summed E-state index contributed by atoms with van der Waals surface area (Å²) in [6.07, 6.45) is 4.57. The fourth-order valence-corrected chi connectivity index (χ4v) is 4.49. The van der Waals surface area contributed by atoms with Crippen molar-refractivity contribution in [1.29, 1.82) is 0 Å².